The second-order valence-corrected chi connectivity index (χ2v) is 6.83. The molecule has 2 saturated heterocycles. The largest absolute Gasteiger partial charge is 0.312 e. The summed E-state index contributed by atoms with van der Waals surface area (Å²) in [6.45, 7) is 1.99. The SMILES string of the molecule is O=S(=O)(c1cccc(F)c1)N1C[C@@H]2CCN[C@@H]2C1. The predicted octanol–water partition coefficient (Wildman–Crippen LogP) is 0.808. The summed E-state index contributed by atoms with van der Waals surface area (Å²) in [5.74, 6) is -0.123. The fourth-order valence-electron chi connectivity index (χ4n) is 2.78. The fourth-order valence-corrected chi connectivity index (χ4v) is 4.34. The topological polar surface area (TPSA) is 49.4 Å². The molecule has 0 radical (unpaired) electrons. The van der Waals surface area contributed by atoms with Crippen LogP contribution < -0.4 is 5.32 Å². The third-order valence-corrected chi connectivity index (χ3v) is 5.59. The molecule has 2 atom stereocenters. The quantitative estimate of drug-likeness (QED) is 0.865. The maximum Gasteiger partial charge on any atom is 0.243 e. The number of benzene rings is 1. The van der Waals surface area contributed by atoms with Crippen LogP contribution in [0.2, 0.25) is 0 Å². The monoisotopic (exact) mass is 270 g/mol. The number of nitrogens with zero attached hydrogens (tertiary/aromatic N) is 1. The number of nitrogens with one attached hydrogen (secondary N) is 1. The predicted molar refractivity (Wildman–Crippen MR) is 65.1 cm³/mol. The number of fused-ring (bicyclic) bond motifs is 1. The molecule has 2 fully saturated rings. The molecule has 0 saturated carbocycles. The highest BCUT2D eigenvalue weighted by Crippen LogP contribution is 2.29. The van der Waals surface area contributed by atoms with Crippen molar-refractivity contribution in [2.75, 3.05) is 19.6 Å². The second-order valence-electron chi connectivity index (χ2n) is 4.89. The number of hydrogen-bond acceptors (Lipinski definition) is 3. The van der Waals surface area contributed by atoms with Crippen molar-refractivity contribution in [1.29, 1.82) is 0 Å². The lowest BCUT2D eigenvalue weighted by Crippen LogP contribution is -2.34. The van der Waals surface area contributed by atoms with Gasteiger partial charge in [-0.1, -0.05) is 6.07 Å². The third-order valence-electron chi connectivity index (χ3n) is 3.76. The molecule has 0 aromatic heterocycles. The van der Waals surface area contributed by atoms with Gasteiger partial charge in [0.2, 0.25) is 10.0 Å². The Morgan fingerprint density at radius 3 is 2.89 bits per heavy atom. The summed E-state index contributed by atoms with van der Waals surface area (Å²) in [7, 11) is -3.55. The molecule has 0 spiro atoms. The maximum absolute atomic E-state index is 13.1. The van der Waals surface area contributed by atoms with E-state index in [0.717, 1.165) is 19.0 Å². The van der Waals surface area contributed by atoms with Gasteiger partial charge in [0.1, 0.15) is 5.82 Å². The lowest BCUT2D eigenvalue weighted by Gasteiger charge is -2.17. The van der Waals surface area contributed by atoms with Crippen molar-refractivity contribution < 1.29 is 12.8 Å². The average Bonchev–Trinajstić information content (AvgIpc) is 2.89. The van der Waals surface area contributed by atoms with E-state index in [1.165, 1.54) is 22.5 Å². The van der Waals surface area contributed by atoms with Crippen LogP contribution in [0.5, 0.6) is 0 Å². The molecule has 0 amide bonds. The normalized spacial score (nSPS) is 28.5. The number of hydrogen-bond donors (Lipinski definition) is 1. The molecule has 98 valence electrons. The number of halogens is 1. The Bertz CT molecular complexity index is 549. The van der Waals surface area contributed by atoms with Crippen LogP contribution in [0.4, 0.5) is 4.39 Å². The Morgan fingerprint density at radius 1 is 1.33 bits per heavy atom. The smallest absolute Gasteiger partial charge is 0.243 e. The molecular weight excluding hydrogens is 255 g/mol. The molecule has 2 aliphatic rings. The average molecular weight is 270 g/mol. The van der Waals surface area contributed by atoms with Crippen molar-refractivity contribution in [2.45, 2.75) is 17.4 Å². The van der Waals surface area contributed by atoms with Gasteiger partial charge in [0.25, 0.3) is 0 Å². The lowest BCUT2D eigenvalue weighted by atomic mass is 10.1. The van der Waals surface area contributed by atoms with E-state index in [1.807, 2.05) is 0 Å². The van der Waals surface area contributed by atoms with Gasteiger partial charge >= 0.3 is 0 Å². The zero-order chi connectivity index (χ0) is 12.8. The second kappa shape index (κ2) is 4.29. The molecule has 1 N–H and O–H groups in total. The minimum absolute atomic E-state index is 0.0440. The summed E-state index contributed by atoms with van der Waals surface area (Å²) in [5, 5.41) is 3.30. The van der Waals surface area contributed by atoms with Crippen molar-refractivity contribution in [3.8, 4) is 0 Å². The summed E-state index contributed by atoms with van der Waals surface area (Å²) in [6.07, 6.45) is 1.01. The van der Waals surface area contributed by atoms with E-state index in [-0.39, 0.29) is 10.9 Å². The Balaban J connectivity index is 1.87. The first-order valence-corrected chi connectivity index (χ1v) is 7.50. The van der Waals surface area contributed by atoms with E-state index >= 15 is 0 Å². The highest BCUT2D eigenvalue weighted by Gasteiger charge is 2.41. The minimum Gasteiger partial charge on any atom is -0.312 e. The molecular formula is C12H15FN2O2S. The standard InChI is InChI=1S/C12H15FN2O2S/c13-10-2-1-3-11(6-10)18(16,17)15-7-9-4-5-14-12(9)8-15/h1-3,6,9,12,14H,4-5,7-8H2/t9-,12+/m0/s1. The van der Waals surface area contributed by atoms with Crippen LogP contribution in [0.1, 0.15) is 6.42 Å². The van der Waals surface area contributed by atoms with E-state index < -0.39 is 15.8 Å². The van der Waals surface area contributed by atoms with Gasteiger partial charge < -0.3 is 5.32 Å². The van der Waals surface area contributed by atoms with Crippen molar-refractivity contribution in [2.24, 2.45) is 5.92 Å². The molecule has 3 rings (SSSR count). The summed E-state index contributed by atoms with van der Waals surface area (Å²) in [5.41, 5.74) is 0. The van der Waals surface area contributed by atoms with Crippen molar-refractivity contribution in [1.82, 2.24) is 9.62 Å². The molecule has 2 aliphatic heterocycles. The van der Waals surface area contributed by atoms with Gasteiger partial charge in [0, 0.05) is 19.1 Å². The summed E-state index contributed by atoms with van der Waals surface area (Å²) in [6, 6.07) is 5.46. The van der Waals surface area contributed by atoms with Crippen LogP contribution in [-0.2, 0) is 10.0 Å². The van der Waals surface area contributed by atoms with Crippen LogP contribution in [-0.4, -0.2) is 38.4 Å². The first kappa shape index (κ1) is 12.1. The molecule has 2 heterocycles. The van der Waals surface area contributed by atoms with E-state index in [9.17, 15) is 12.8 Å². The summed E-state index contributed by atoms with van der Waals surface area (Å²) in [4.78, 5) is 0.0440. The molecule has 18 heavy (non-hydrogen) atoms. The Morgan fingerprint density at radius 2 is 2.17 bits per heavy atom. The van der Waals surface area contributed by atoms with Crippen LogP contribution in [0.3, 0.4) is 0 Å². The lowest BCUT2D eigenvalue weighted by molar-refractivity contribution is 0.447. The zero-order valence-electron chi connectivity index (χ0n) is 9.84. The van der Waals surface area contributed by atoms with Crippen LogP contribution in [0.15, 0.2) is 29.2 Å². The van der Waals surface area contributed by atoms with Crippen molar-refractivity contribution in [3.05, 3.63) is 30.1 Å². The Hall–Kier alpha value is -0.980. The van der Waals surface area contributed by atoms with Gasteiger partial charge in [-0.3, -0.25) is 0 Å². The minimum atomic E-state index is -3.55. The Labute approximate surface area is 106 Å². The molecule has 1 aromatic carbocycles. The van der Waals surface area contributed by atoms with E-state index in [4.69, 9.17) is 0 Å². The van der Waals surface area contributed by atoms with Gasteiger partial charge in [0.15, 0.2) is 0 Å². The molecule has 0 bridgehead atoms. The van der Waals surface area contributed by atoms with Gasteiger partial charge in [-0.2, -0.15) is 4.31 Å². The first-order chi connectivity index (χ1) is 8.57. The maximum atomic E-state index is 13.1. The van der Waals surface area contributed by atoms with Gasteiger partial charge in [-0.25, -0.2) is 12.8 Å². The highest BCUT2D eigenvalue weighted by molar-refractivity contribution is 7.89. The zero-order valence-corrected chi connectivity index (χ0v) is 10.7. The molecule has 0 aliphatic carbocycles. The first-order valence-electron chi connectivity index (χ1n) is 6.06. The van der Waals surface area contributed by atoms with E-state index in [0.29, 0.717) is 19.0 Å². The van der Waals surface area contributed by atoms with E-state index in [2.05, 4.69) is 5.32 Å². The van der Waals surface area contributed by atoms with Crippen molar-refractivity contribution >= 4 is 10.0 Å². The highest BCUT2D eigenvalue weighted by atomic mass is 32.2. The molecule has 0 unspecified atom stereocenters. The van der Waals surface area contributed by atoms with Gasteiger partial charge in [0.05, 0.1) is 4.90 Å². The van der Waals surface area contributed by atoms with Gasteiger partial charge in [-0.05, 0) is 37.1 Å². The van der Waals surface area contributed by atoms with Gasteiger partial charge in [-0.15, -0.1) is 0 Å². The van der Waals surface area contributed by atoms with Crippen LogP contribution >= 0.6 is 0 Å². The summed E-state index contributed by atoms with van der Waals surface area (Å²) < 4.78 is 39.3. The Kier molecular flexibility index (Phi) is 2.88. The fraction of sp³-hybridized carbons (Fsp3) is 0.500. The van der Waals surface area contributed by atoms with Crippen LogP contribution in [0, 0.1) is 11.7 Å². The number of sulfonamides is 1. The molecule has 4 nitrogen and oxygen atoms in total. The van der Waals surface area contributed by atoms with Crippen LogP contribution in [0.25, 0.3) is 0 Å². The van der Waals surface area contributed by atoms with Crippen molar-refractivity contribution in [3.63, 3.8) is 0 Å². The molecule has 6 heteroatoms. The summed E-state index contributed by atoms with van der Waals surface area (Å²) >= 11 is 0. The molecule has 1 aromatic rings. The third kappa shape index (κ3) is 1.94. The number of rotatable bonds is 2. The van der Waals surface area contributed by atoms with E-state index in [1.54, 1.807) is 0 Å².